The molecule has 5 rings (SSSR count). The van der Waals surface area contributed by atoms with Crippen LogP contribution >= 0.6 is 12.2 Å². The Morgan fingerprint density at radius 1 is 0.939 bits per heavy atom. The Balaban J connectivity index is 1.69. The van der Waals surface area contributed by atoms with Crippen LogP contribution in [-0.2, 0) is 0 Å². The average molecular weight is 455 g/mol. The molecule has 0 bridgehead atoms. The standard InChI is InChI=1S/C27H26N4OS/c1-17-11-13-20(14-12-17)30-18(2)16-21(19(30)3)26-25(22-8-6-7-15-28-22)29-27(33)31(26)23-9-4-5-10-24(23)32/h4-16,25-26,32H,1-3H3,(H,29,33). The molecule has 2 N–H and O–H groups in total. The molecule has 1 aliphatic heterocycles. The molecule has 0 spiro atoms. The molecule has 0 aliphatic carbocycles. The number of benzene rings is 2. The lowest BCUT2D eigenvalue weighted by Crippen LogP contribution is -2.29. The Labute approximate surface area is 199 Å². The van der Waals surface area contributed by atoms with E-state index in [9.17, 15) is 5.11 Å². The third-order valence-corrected chi connectivity index (χ3v) is 6.64. The number of aromatic hydroxyl groups is 1. The van der Waals surface area contributed by atoms with Gasteiger partial charge in [-0.3, -0.25) is 4.98 Å². The highest BCUT2D eigenvalue weighted by atomic mass is 32.1. The summed E-state index contributed by atoms with van der Waals surface area (Å²) >= 11 is 5.80. The highest BCUT2D eigenvalue weighted by Crippen LogP contribution is 2.45. The van der Waals surface area contributed by atoms with Gasteiger partial charge in [0.1, 0.15) is 5.75 Å². The lowest BCUT2D eigenvalue weighted by molar-refractivity contribution is 0.472. The van der Waals surface area contributed by atoms with Crippen LogP contribution in [0.25, 0.3) is 5.69 Å². The molecule has 1 aliphatic rings. The Kier molecular flexibility index (Phi) is 5.38. The molecule has 1 fully saturated rings. The minimum Gasteiger partial charge on any atom is -0.506 e. The fourth-order valence-corrected chi connectivity index (χ4v) is 5.12. The molecule has 0 radical (unpaired) electrons. The molecule has 0 saturated carbocycles. The number of para-hydroxylation sites is 2. The first kappa shape index (κ1) is 21.2. The summed E-state index contributed by atoms with van der Waals surface area (Å²) in [6.45, 7) is 6.36. The molecule has 3 heterocycles. The Hall–Kier alpha value is -3.64. The molecular formula is C27H26N4OS. The van der Waals surface area contributed by atoms with E-state index in [1.54, 1.807) is 12.3 Å². The van der Waals surface area contributed by atoms with E-state index in [1.807, 2.05) is 41.3 Å². The largest absolute Gasteiger partial charge is 0.506 e. The third-order valence-electron chi connectivity index (χ3n) is 6.32. The Morgan fingerprint density at radius 2 is 1.67 bits per heavy atom. The first-order chi connectivity index (χ1) is 16.0. The number of aromatic nitrogens is 2. The van der Waals surface area contributed by atoms with E-state index < -0.39 is 0 Å². The van der Waals surface area contributed by atoms with Gasteiger partial charge < -0.3 is 19.9 Å². The fourth-order valence-electron chi connectivity index (χ4n) is 4.78. The molecule has 33 heavy (non-hydrogen) atoms. The van der Waals surface area contributed by atoms with Crippen molar-refractivity contribution >= 4 is 23.0 Å². The van der Waals surface area contributed by atoms with Crippen molar-refractivity contribution in [2.75, 3.05) is 4.90 Å². The summed E-state index contributed by atoms with van der Waals surface area (Å²) < 4.78 is 2.27. The number of pyridine rings is 1. The van der Waals surface area contributed by atoms with Gasteiger partial charge in [-0.1, -0.05) is 35.9 Å². The van der Waals surface area contributed by atoms with Gasteiger partial charge in [0.2, 0.25) is 0 Å². The maximum absolute atomic E-state index is 10.7. The number of rotatable bonds is 4. The molecule has 0 amide bonds. The number of phenols is 1. The van der Waals surface area contributed by atoms with Gasteiger partial charge in [0.25, 0.3) is 0 Å². The normalized spacial score (nSPS) is 17.9. The van der Waals surface area contributed by atoms with Crippen molar-refractivity contribution in [2.45, 2.75) is 32.9 Å². The van der Waals surface area contributed by atoms with E-state index in [1.165, 1.54) is 5.56 Å². The third kappa shape index (κ3) is 3.66. The van der Waals surface area contributed by atoms with Crippen molar-refractivity contribution < 1.29 is 5.11 Å². The molecule has 2 aromatic heterocycles. The van der Waals surface area contributed by atoms with Crippen molar-refractivity contribution in [3.05, 3.63) is 107 Å². The number of phenolic OH excluding ortho intramolecular Hbond substituents is 1. The van der Waals surface area contributed by atoms with Crippen molar-refractivity contribution in [3.63, 3.8) is 0 Å². The number of aryl methyl sites for hydroxylation is 2. The van der Waals surface area contributed by atoms with Gasteiger partial charge in [-0.2, -0.15) is 0 Å². The number of hydrogen-bond acceptors (Lipinski definition) is 3. The number of anilines is 1. The molecule has 2 aromatic carbocycles. The summed E-state index contributed by atoms with van der Waals surface area (Å²) in [7, 11) is 0. The maximum atomic E-state index is 10.7. The van der Waals surface area contributed by atoms with Crippen molar-refractivity contribution in [1.29, 1.82) is 0 Å². The second-order valence-corrected chi connectivity index (χ2v) is 8.87. The molecule has 6 heteroatoms. The monoisotopic (exact) mass is 454 g/mol. The van der Waals surface area contributed by atoms with Gasteiger partial charge in [-0.15, -0.1) is 0 Å². The van der Waals surface area contributed by atoms with E-state index in [0.29, 0.717) is 10.8 Å². The zero-order valence-corrected chi connectivity index (χ0v) is 19.7. The minimum absolute atomic E-state index is 0.162. The first-order valence-corrected chi connectivity index (χ1v) is 11.4. The van der Waals surface area contributed by atoms with Gasteiger partial charge in [-0.05, 0) is 81.0 Å². The van der Waals surface area contributed by atoms with E-state index in [2.05, 4.69) is 66.0 Å². The quantitative estimate of drug-likeness (QED) is 0.389. The van der Waals surface area contributed by atoms with Crippen LogP contribution in [-0.4, -0.2) is 19.8 Å². The molecule has 2 atom stereocenters. The maximum Gasteiger partial charge on any atom is 0.174 e. The second kappa shape index (κ2) is 8.37. The number of nitrogens with zero attached hydrogens (tertiary/aromatic N) is 3. The summed E-state index contributed by atoms with van der Waals surface area (Å²) in [6, 6.07) is 23.7. The molecule has 2 unspecified atom stereocenters. The Morgan fingerprint density at radius 3 is 2.36 bits per heavy atom. The van der Waals surface area contributed by atoms with E-state index >= 15 is 0 Å². The van der Waals surface area contributed by atoms with E-state index in [4.69, 9.17) is 12.2 Å². The average Bonchev–Trinajstić information content (AvgIpc) is 3.31. The van der Waals surface area contributed by atoms with Crippen LogP contribution < -0.4 is 10.2 Å². The van der Waals surface area contributed by atoms with Gasteiger partial charge in [0.05, 0.1) is 23.5 Å². The number of hydrogen-bond donors (Lipinski definition) is 2. The van der Waals surface area contributed by atoms with Crippen LogP contribution in [0.3, 0.4) is 0 Å². The van der Waals surface area contributed by atoms with Gasteiger partial charge >= 0.3 is 0 Å². The minimum atomic E-state index is -0.175. The van der Waals surface area contributed by atoms with Crippen LogP contribution in [0.1, 0.15) is 40.3 Å². The van der Waals surface area contributed by atoms with Crippen molar-refractivity contribution in [3.8, 4) is 11.4 Å². The van der Waals surface area contributed by atoms with Crippen LogP contribution in [0.2, 0.25) is 0 Å². The lowest BCUT2D eigenvalue weighted by atomic mass is 9.96. The molecule has 4 aromatic rings. The summed E-state index contributed by atoms with van der Waals surface area (Å²) in [5.74, 6) is 0.195. The number of nitrogens with one attached hydrogen (secondary N) is 1. The smallest absolute Gasteiger partial charge is 0.174 e. The zero-order valence-electron chi connectivity index (χ0n) is 18.9. The Bertz CT molecular complexity index is 1310. The summed E-state index contributed by atoms with van der Waals surface area (Å²) in [4.78, 5) is 6.65. The first-order valence-electron chi connectivity index (χ1n) is 11.0. The fraction of sp³-hybridized carbons (Fsp3) is 0.185. The molecular weight excluding hydrogens is 428 g/mol. The van der Waals surface area contributed by atoms with Crippen molar-refractivity contribution in [2.24, 2.45) is 0 Å². The molecule has 1 saturated heterocycles. The zero-order chi connectivity index (χ0) is 23.1. The SMILES string of the molecule is Cc1ccc(-n2c(C)cc(C3C(c4ccccn4)NC(=S)N3c3ccccc3O)c2C)cc1. The van der Waals surface area contributed by atoms with Crippen molar-refractivity contribution in [1.82, 2.24) is 14.9 Å². The molecule has 166 valence electrons. The highest BCUT2D eigenvalue weighted by molar-refractivity contribution is 7.80. The lowest BCUT2D eigenvalue weighted by Gasteiger charge is -2.28. The topological polar surface area (TPSA) is 53.3 Å². The van der Waals surface area contributed by atoms with Gasteiger partial charge in [-0.25, -0.2) is 0 Å². The predicted molar refractivity (Wildman–Crippen MR) is 136 cm³/mol. The number of thiocarbonyl (C=S) groups is 1. The predicted octanol–water partition coefficient (Wildman–Crippen LogP) is 5.68. The van der Waals surface area contributed by atoms with Crippen LogP contribution in [0.15, 0.2) is 79.0 Å². The van der Waals surface area contributed by atoms with Gasteiger partial charge in [0, 0.05) is 23.3 Å². The van der Waals surface area contributed by atoms with E-state index in [0.717, 1.165) is 28.3 Å². The highest BCUT2D eigenvalue weighted by Gasteiger charge is 2.43. The second-order valence-electron chi connectivity index (χ2n) is 8.48. The summed E-state index contributed by atoms with van der Waals surface area (Å²) in [6.07, 6.45) is 1.80. The van der Waals surface area contributed by atoms with E-state index in [-0.39, 0.29) is 17.8 Å². The summed E-state index contributed by atoms with van der Waals surface area (Å²) in [5.41, 5.74) is 7.35. The molecule has 5 nitrogen and oxygen atoms in total. The van der Waals surface area contributed by atoms with Gasteiger partial charge in [0.15, 0.2) is 5.11 Å². The summed E-state index contributed by atoms with van der Waals surface area (Å²) in [5, 5.41) is 14.7. The van der Waals surface area contributed by atoms with Crippen LogP contribution in [0.5, 0.6) is 5.75 Å². The van der Waals surface area contributed by atoms with Crippen LogP contribution in [0.4, 0.5) is 5.69 Å². The van der Waals surface area contributed by atoms with Crippen LogP contribution in [0, 0.1) is 20.8 Å².